The summed E-state index contributed by atoms with van der Waals surface area (Å²) in [5, 5.41) is 0.845. The van der Waals surface area contributed by atoms with Gasteiger partial charge in [0.15, 0.2) is 0 Å². The van der Waals surface area contributed by atoms with Crippen molar-refractivity contribution in [1.29, 1.82) is 0 Å². The second-order valence-corrected chi connectivity index (χ2v) is 8.17. The van der Waals surface area contributed by atoms with E-state index in [4.69, 9.17) is 0 Å². The van der Waals surface area contributed by atoms with E-state index in [-0.39, 0.29) is 11.4 Å². The SMILES string of the molecule is Cc1nc(-c2cccnc2)sc1CCNS(=O)(=O)c1ccccc1F. The molecule has 0 unspecified atom stereocenters. The molecule has 25 heavy (non-hydrogen) atoms. The molecule has 0 saturated heterocycles. The molecule has 0 amide bonds. The van der Waals surface area contributed by atoms with Gasteiger partial charge < -0.3 is 0 Å². The molecule has 3 rings (SSSR count). The number of halogens is 1. The summed E-state index contributed by atoms with van der Waals surface area (Å²) >= 11 is 1.50. The molecule has 0 radical (unpaired) electrons. The van der Waals surface area contributed by atoms with Crippen molar-refractivity contribution in [3.05, 3.63) is 65.2 Å². The molecule has 0 spiro atoms. The minimum absolute atomic E-state index is 0.173. The first kappa shape index (κ1) is 17.7. The Morgan fingerprint density at radius 3 is 2.72 bits per heavy atom. The maximum atomic E-state index is 13.7. The van der Waals surface area contributed by atoms with Crippen LogP contribution in [0.2, 0.25) is 0 Å². The van der Waals surface area contributed by atoms with Crippen LogP contribution in [0.15, 0.2) is 53.7 Å². The number of rotatable bonds is 6. The summed E-state index contributed by atoms with van der Waals surface area (Å²) in [4.78, 5) is 9.23. The standard InChI is InChI=1S/C17H16FN3O2S2/c1-12-15(24-17(21-12)13-5-4-9-19-11-13)8-10-20-25(22,23)16-7-3-2-6-14(16)18/h2-7,9,11,20H,8,10H2,1H3. The highest BCUT2D eigenvalue weighted by Crippen LogP contribution is 2.27. The first-order valence-corrected chi connectivity index (χ1v) is 9.88. The molecule has 0 aliphatic rings. The van der Waals surface area contributed by atoms with Crippen molar-refractivity contribution in [2.45, 2.75) is 18.2 Å². The molecular weight excluding hydrogens is 361 g/mol. The van der Waals surface area contributed by atoms with Crippen molar-refractivity contribution < 1.29 is 12.8 Å². The molecule has 2 heterocycles. The number of sulfonamides is 1. The van der Waals surface area contributed by atoms with Gasteiger partial charge in [0.05, 0.1) is 5.69 Å². The number of benzene rings is 1. The van der Waals surface area contributed by atoms with E-state index in [0.29, 0.717) is 6.42 Å². The summed E-state index contributed by atoms with van der Waals surface area (Å²) in [5.74, 6) is -0.761. The highest BCUT2D eigenvalue weighted by Gasteiger charge is 2.18. The second-order valence-electron chi connectivity index (χ2n) is 5.35. The van der Waals surface area contributed by atoms with Crippen LogP contribution in [0.5, 0.6) is 0 Å². The van der Waals surface area contributed by atoms with Crippen LogP contribution < -0.4 is 4.72 Å². The molecule has 1 aromatic carbocycles. The monoisotopic (exact) mass is 377 g/mol. The van der Waals surface area contributed by atoms with Gasteiger partial charge in [-0.05, 0) is 37.6 Å². The highest BCUT2D eigenvalue weighted by molar-refractivity contribution is 7.89. The second kappa shape index (κ2) is 7.38. The lowest BCUT2D eigenvalue weighted by Crippen LogP contribution is -2.26. The number of thiazole rings is 1. The predicted molar refractivity (Wildman–Crippen MR) is 95.4 cm³/mol. The zero-order chi connectivity index (χ0) is 17.9. The van der Waals surface area contributed by atoms with Gasteiger partial charge >= 0.3 is 0 Å². The van der Waals surface area contributed by atoms with Crippen LogP contribution in [0.25, 0.3) is 10.6 Å². The maximum absolute atomic E-state index is 13.7. The van der Waals surface area contributed by atoms with Gasteiger partial charge in [-0.25, -0.2) is 22.5 Å². The summed E-state index contributed by atoms with van der Waals surface area (Å²) < 4.78 is 40.5. The smallest absolute Gasteiger partial charge is 0.243 e. The lowest BCUT2D eigenvalue weighted by atomic mass is 10.3. The molecule has 1 N–H and O–H groups in total. The Kier molecular flexibility index (Phi) is 5.22. The molecule has 0 fully saturated rings. The van der Waals surface area contributed by atoms with Crippen molar-refractivity contribution >= 4 is 21.4 Å². The number of aromatic nitrogens is 2. The molecule has 0 aliphatic heterocycles. The minimum atomic E-state index is -3.87. The fraction of sp³-hybridized carbons (Fsp3) is 0.176. The Labute approximate surface area is 149 Å². The van der Waals surface area contributed by atoms with E-state index in [0.717, 1.165) is 27.2 Å². The zero-order valence-corrected chi connectivity index (χ0v) is 15.1. The molecule has 5 nitrogen and oxygen atoms in total. The van der Waals surface area contributed by atoms with E-state index < -0.39 is 15.8 Å². The van der Waals surface area contributed by atoms with Gasteiger partial charge in [-0.3, -0.25) is 4.98 Å². The largest absolute Gasteiger partial charge is 0.264 e. The van der Waals surface area contributed by atoms with Crippen LogP contribution in [0, 0.1) is 12.7 Å². The Balaban J connectivity index is 1.69. The van der Waals surface area contributed by atoms with E-state index in [1.807, 2.05) is 19.1 Å². The molecule has 0 bridgehead atoms. The molecule has 2 aromatic heterocycles. The molecule has 8 heteroatoms. The van der Waals surface area contributed by atoms with Gasteiger partial charge in [-0.1, -0.05) is 12.1 Å². The normalized spacial score (nSPS) is 11.6. The van der Waals surface area contributed by atoms with Gasteiger partial charge in [0.25, 0.3) is 0 Å². The number of pyridine rings is 1. The summed E-state index contributed by atoms with van der Waals surface area (Å²) in [6.07, 6.45) is 3.92. The van der Waals surface area contributed by atoms with Gasteiger partial charge in [0.2, 0.25) is 10.0 Å². The number of aryl methyl sites for hydroxylation is 1. The van der Waals surface area contributed by atoms with Crippen LogP contribution in [0.4, 0.5) is 4.39 Å². The van der Waals surface area contributed by atoms with Crippen LogP contribution in [-0.4, -0.2) is 24.9 Å². The number of hydrogen-bond acceptors (Lipinski definition) is 5. The van der Waals surface area contributed by atoms with Crippen LogP contribution in [-0.2, 0) is 16.4 Å². The quantitative estimate of drug-likeness (QED) is 0.716. The third-order valence-corrected chi connectivity index (χ3v) is 6.33. The highest BCUT2D eigenvalue weighted by atomic mass is 32.2. The Bertz CT molecular complexity index is 973. The Morgan fingerprint density at radius 2 is 2.00 bits per heavy atom. The lowest BCUT2D eigenvalue weighted by Gasteiger charge is -2.07. The van der Waals surface area contributed by atoms with E-state index in [1.54, 1.807) is 12.4 Å². The van der Waals surface area contributed by atoms with Crippen molar-refractivity contribution in [2.24, 2.45) is 0 Å². The van der Waals surface area contributed by atoms with Crippen LogP contribution in [0.3, 0.4) is 0 Å². The van der Waals surface area contributed by atoms with Crippen molar-refractivity contribution in [3.63, 3.8) is 0 Å². The molecule has 3 aromatic rings. The summed E-state index contributed by atoms with van der Waals surface area (Å²) in [6.45, 7) is 2.06. The fourth-order valence-corrected chi connectivity index (χ4v) is 4.47. The number of nitrogens with one attached hydrogen (secondary N) is 1. The van der Waals surface area contributed by atoms with Crippen molar-refractivity contribution in [2.75, 3.05) is 6.54 Å². The zero-order valence-electron chi connectivity index (χ0n) is 13.4. The third-order valence-electron chi connectivity index (χ3n) is 3.57. The fourth-order valence-electron chi connectivity index (χ4n) is 2.31. The number of hydrogen-bond donors (Lipinski definition) is 1. The van der Waals surface area contributed by atoms with Gasteiger partial charge in [0, 0.05) is 29.4 Å². The maximum Gasteiger partial charge on any atom is 0.243 e. The Morgan fingerprint density at radius 1 is 1.20 bits per heavy atom. The molecule has 0 atom stereocenters. The summed E-state index contributed by atoms with van der Waals surface area (Å²) in [7, 11) is -3.87. The average molecular weight is 377 g/mol. The van der Waals surface area contributed by atoms with Crippen LogP contribution >= 0.6 is 11.3 Å². The predicted octanol–water partition coefficient (Wildman–Crippen LogP) is 3.17. The third kappa shape index (κ3) is 4.09. The molecule has 0 saturated carbocycles. The minimum Gasteiger partial charge on any atom is -0.264 e. The van der Waals surface area contributed by atoms with Crippen LogP contribution in [0.1, 0.15) is 10.6 Å². The summed E-state index contributed by atoms with van der Waals surface area (Å²) in [5.41, 5.74) is 1.78. The van der Waals surface area contributed by atoms with Gasteiger partial charge in [-0.15, -0.1) is 11.3 Å². The first-order valence-electron chi connectivity index (χ1n) is 7.58. The molecule has 130 valence electrons. The average Bonchev–Trinajstić information content (AvgIpc) is 2.97. The van der Waals surface area contributed by atoms with Gasteiger partial charge in [0.1, 0.15) is 15.7 Å². The number of nitrogens with zero attached hydrogens (tertiary/aromatic N) is 2. The van der Waals surface area contributed by atoms with Gasteiger partial charge in [-0.2, -0.15) is 0 Å². The van der Waals surface area contributed by atoms with Crippen molar-refractivity contribution in [3.8, 4) is 10.6 Å². The first-order chi connectivity index (χ1) is 12.0. The van der Waals surface area contributed by atoms with Crippen molar-refractivity contribution in [1.82, 2.24) is 14.7 Å². The summed E-state index contributed by atoms with van der Waals surface area (Å²) in [6, 6.07) is 9.09. The molecule has 0 aliphatic carbocycles. The lowest BCUT2D eigenvalue weighted by molar-refractivity contribution is 0.557. The van der Waals surface area contributed by atoms with E-state index in [2.05, 4.69) is 14.7 Å². The van der Waals surface area contributed by atoms with E-state index in [9.17, 15) is 12.8 Å². The van der Waals surface area contributed by atoms with E-state index >= 15 is 0 Å². The van der Waals surface area contributed by atoms with E-state index in [1.165, 1.54) is 29.5 Å². The Hall–Kier alpha value is -2.16. The molecular formula is C17H16FN3O2S2. The topological polar surface area (TPSA) is 72.0 Å².